The van der Waals surface area contributed by atoms with E-state index in [0.717, 1.165) is 57.4 Å². The van der Waals surface area contributed by atoms with Crippen LogP contribution in [0.15, 0.2) is 23.8 Å². The molecule has 0 aromatic carbocycles. The third-order valence-corrected chi connectivity index (χ3v) is 10.4. The summed E-state index contributed by atoms with van der Waals surface area (Å²) in [6.45, 7) is 6.47. The highest BCUT2D eigenvalue weighted by atomic mass is 19.4. The minimum Gasteiger partial charge on any atom is -0.393 e. The summed E-state index contributed by atoms with van der Waals surface area (Å²) in [6, 6.07) is 0. The molecule has 4 aliphatic carbocycles. The predicted molar refractivity (Wildman–Crippen MR) is 120 cm³/mol. The number of rotatable bonds is 5. The zero-order valence-corrected chi connectivity index (χ0v) is 20.7. The van der Waals surface area contributed by atoms with E-state index in [1.54, 1.807) is 0 Å². The van der Waals surface area contributed by atoms with Crippen LogP contribution in [0.4, 0.5) is 30.7 Å². The van der Waals surface area contributed by atoms with E-state index in [2.05, 4.69) is 19.9 Å². The molecule has 0 bridgehead atoms. The molecule has 0 spiro atoms. The smallest absolute Gasteiger partial charge is 0.393 e. The Morgan fingerprint density at radius 1 is 1.00 bits per heavy atom. The molecule has 0 aromatic rings. The van der Waals surface area contributed by atoms with Crippen molar-refractivity contribution in [2.24, 2.45) is 40.4 Å². The average molecular weight is 511 g/mol. The number of fused-ring (bicyclic) bond motifs is 5. The minimum atomic E-state index is -6.29. The maximum atomic E-state index is 13.7. The Hall–Kier alpha value is -1.05. The Morgan fingerprint density at radius 2 is 1.69 bits per heavy atom. The van der Waals surface area contributed by atoms with Crippen LogP contribution in [-0.4, -0.2) is 29.2 Å². The van der Waals surface area contributed by atoms with Gasteiger partial charge in [-0.15, -0.1) is 0 Å². The van der Waals surface area contributed by atoms with Crippen molar-refractivity contribution in [1.82, 2.24) is 0 Å². The van der Waals surface area contributed by atoms with Crippen LogP contribution < -0.4 is 0 Å². The van der Waals surface area contributed by atoms with Crippen LogP contribution >= 0.6 is 0 Å². The monoisotopic (exact) mass is 510 g/mol. The van der Waals surface area contributed by atoms with Crippen LogP contribution in [-0.2, 0) is 0 Å². The summed E-state index contributed by atoms with van der Waals surface area (Å²) >= 11 is 0. The van der Waals surface area contributed by atoms with Crippen molar-refractivity contribution >= 4 is 0 Å². The second-order valence-electron chi connectivity index (χ2n) is 12.2. The molecule has 1 N–H and O–H groups in total. The number of hydrogen-bond acceptors (Lipinski definition) is 1. The van der Waals surface area contributed by atoms with E-state index < -0.39 is 24.4 Å². The van der Waals surface area contributed by atoms with Gasteiger partial charge in [0.2, 0.25) is 0 Å². The minimum absolute atomic E-state index is 0.0147. The Balaban J connectivity index is 1.46. The van der Waals surface area contributed by atoms with Gasteiger partial charge in [-0.25, -0.2) is 0 Å². The standard InChI is InChI=1S/C27H37F7O/c1-16(5-4-12-25(28,29)26(30,31)27(32,33)34)20-8-9-21-19-7-6-17-15-18(35)10-13-23(17,2)22(19)11-14-24(20,21)3/h4-6,16,18-22,35H,7-15H2,1-3H3/b5-4+/t16-,18+,19+,20-,21+,22+,23+,24-/m1/s1. The van der Waals surface area contributed by atoms with E-state index >= 15 is 0 Å². The van der Waals surface area contributed by atoms with E-state index in [0.29, 0.717) is 17.8 Å². The fraction of sp³-hybridized carbons (Fsp3) is 0.852. The first-order chi connectivity index (χ1) is 16.0. The molecule has 4 rings (SSSR count). The van der Waals surface area contributed by atoms with Crippen molar-refractivity contribution in [1.29, 1.82) is 0 Å². The zero-order chi connectivity index (χ0) is 26.0. The number of aliphatic hydroxyl groups is 1. The van der Waals surface area contributed by atoms with Gasteiger partial charge < -0.3 is 5.11 Å². The predicted octanol–water partition coefficient (Wildman–Crippen LogP) is 8.34. The average Bonchev–Trinajstić information content (AvgIpc) is 3.10. The topological polar surface area (TPSA) is 20.2 Å². The van der Waals surface area contributed by atoms with Crippen LogP contribution in [0.1, 0.15) is 78.6 Å². The Kier molecular flexibility index (Phi) is 6.76. The highest BCUT2D eigenvalue weighted by Gasteiger charge is 2.72. The van der Waals surface area contributed by atoms with Gasteiger partial charge in [-0.1, -0.05) is 44.6 Å². The van der Waals surface area contributed by atoms with Crippen LogP contribution in [0.5, 0.6) is 0 Å². The maximum absolute atomic E-state index is 13.7. The molecule has 1 nitrogen and oxygen atoms in total. The van der Waals surface area contributed by atoms with Crippen LogP contribution in [0, 0.1) is 40.4 Å². The van der Waals surface area contributed by atoms with Gasteiger partial charge in [-0.05, 0) is 91.8 Å². The lowest BCUT2D eigenvalue weighted by Crippen LogP contribution is -2.51. The normalized spacial score (nSPS) is 41.2. The molecule has 8 heteroatoms. The molecule has 8 atom stereocenters. The first-order valence-electron chi connectivity index (χ1n) is 12.9. The van der Waals surface area contributed by atoms with E-state index in [1.165, 1.54) is 11.6 Å². The molecule has 0 unspecified atom stereocenters. The van der Waals surface area contributed by atoms with E-state index in [4.69, 9.17) is 0 Å². The molecular formula is C27H37F7O. The second kappa shape index (κ2) is 8.76. The van der Waals surface area contributed by atoms with Gasteiger partial charge in [0.15, 0.2) is 0 Å². The first-order valence-corrected chi connectivity index (χ1v) is 12.9. The van der Waals surface area contributed by atoms with E-state index in [9.17, 15) is 35.8 Å². The number of hydrogen-bond donors (Lipinski definition) is 1. The van der Waals surface area contributed by atoms with Gasteiger partial charge in [-0.2, -0.15) is 30.7 Å². The highest BCUT2D eigenvalue weighted by molar-refractivity contribution is 5.25. The third kappa shape index (κ3) is 4.27. The summed E-state index contributed by atoms with van der Waals surface area (Å²) in [5.74, 6) is -9.71. The molecule has 0 heterocycles. The molecule has 0 amide bonds. The number of allylic oxidation sites excluding steroid dienone is 3. The van der Waals surface area contributed by atoms with Crippen LogP contribution in [0.3, 0.4) is 0 Å². The molecule has 3 fully saturated rings. The summed E-state index contributed by atoms with van der Waals surface area (Å²) in [5, 5.41) is 10.2. The van der Waals surface area contributed by atoms with Crippen molar-refractivity contribution in [2.45, 2.75) is 103 Å². The first kappa shape index (κ1) is 27.0. The molecule has 0 aromatic heterocycles. The van der Waals surface area contributed by atoms with Crippen molar-refractivity contribution in [2.75, 3.05) is 0 Å². The number of alkyl halides is 7. The fourth-order valence-corrected chi connectivity index (χ4v) is 8.45. The van der Waals surface area contributed by atoms with Crippen LogP contribution in [0.2, 0.25) is 0 Å². The lowest BCUT2D eigenvalue weighted by atomic mass is 9.47. The molecule has 0 radical (unpaired) electrons. The van der Waals surface area contributed by atoms with E-state index in [-0.39, 0.29) is 28.8 Å². The van der Waals surface area contributed by atoms with Gasteiger partial charge in [0.1, 0.15) is 0 Å². The highest BCUT2D eigenvalue weighted by Crippen LogP contribution is 2.67. The lowest BCUT2D eigenvalue weighted by Gasteiger charge is -2.58. The van der Waals surface area contributed by atoms with Gasteiger partial charge in [-0.3, -0.25) is 0 Å². The van der Waals surface area contributed by atoms with Gasteiger partial charge in [0, 0.05) is 6.42 Å². The van der Waals surface area contributed by atoms with Crippen LogP contribution in [0.25, 0.3) is 0 Å². The molecule has 3 saturated carbocycles. The molecule has 0 aliphatic heterocycles. The number of aliphatic hydroxyl groups excluding tert-OH is 1. The molecule has 35 heavy (non-hydrogen) atoms. The van der Waals surface area contributed by atoms with Gasteiger partial charge in [0.05, 0.1) is 6.10 Å². The Labute approximate surface area is 203 Å². The molecular weight excluding hydrogens is 473 g/mol. The molecule has 4 aliphatic rings. The largest absolute Gasteiger partial charge is 0.459 e. The lowest BCUT2D eigenvalue weighted by molar-refractivity contribution is -0.353. The van der Waals surface area contributed by atoms with Gasteiger partial charge >= 0.3 is 18.0 Å². The summed E-state index contributed by atoms with van der Waals surface area (Å²) in [7, 11) is 0. The summed E-state index contributed by atoms with van der Waals surface area (Å²) in [6.07, 6.45) is 3.92. The Bertz CT molecular complexity index is 862. The second-order valence-corrected chi connectivity index (χ2v) is 12.2. The third-order valence-electron chi connectivity index (χ3n) is 10.4. The van der Waals surface area contributed by atoms with Crippen molar-refractivity contribution in [3.63, 3.8) is 0 Å². The van der Waals surface area contributed by atoms with Crippen molar-refractivity contribution in [3.05, 3.63) is 23.8 Å². The number of halogens is 7. The fourth-order valence-electron chi connectivity index (χ4n) is 8.45. The van der Waals surface area contributed by atoms with Crippen molar-refractivity contribution in [3.8, 4) is 0 Å². The quantitative estimate of drug-likeness (QED) is 0.291. The Morgan fingerprint density at radius 3 is 2.34 bits per heavy atom. The van der Waals surface area contributed by atoms with E-state index in [1.807, 2.05) is 6.92 Å². The van der Waals surface area contributed by atoms with Crippen molar-refractivity contribution < 1.29 is 35.8 Å². The molecule has 0 saturated heterocycles. The summed E-state index contributed by atoms with van der Waals surface area (Å²) in [5.41, 5.74) is 1.49. The molecule has 200 valence electrons. The zero-order valence-electron chi connectivity index (χ0n) is 20.7. The summed E-state index contributed by atoms with van der Waals surface area (Å²) < 4.78 is 91.1. The summed E-state index contributed by atoms with van der Waals surface area (Å²) in [4.78, 5) is 0. The van der Waals surface area contributed by atoms with Gasteiger partial charge in [0.25, 0.3) is 0 Å². The maximum Gasteiger partial charge on any atom is 0.459 e. The SMILES string of the molecule is C[C@H](/C=C/CC(F)(F)C(F)(F)C(F)(F)F)[C@H]1CC[C@H]2[C@@H]3CC=C4C[C@@H](O)CC[C@]4(C)[C@H]3CC[C@]12C.